The van der Waals surface area contributed by atoms with E-state index in [1.54, 1.807) is 4.90 Å². The van der Waals surface area contributed by atoms with Crippen molar-refractivity contribution in [1.82, 2.24) is 0 Å². The Hall–Kier alpha value is -2.29. The molecule has 0 unspecified atom stereocenters. The first-order valence-electron chi connectivity index (χ1n) is 7.32. The number of hydrogen-bond acceptors (Lipinski definition) is 2. The van der Waals surface area contributed by atoms with Crippen LogP contribution < -0.4 is 4.90 Å². The highest BCUT2D eigenvalue weighted by Crippen LogP contribution is 2.21. The van der Waals surface area contributed by atoms with Gasteiger partial charge in [-0.05, 0) is 30.5 Å². The van der Waals surface area contributed by atoms with Crippen molar-refractivity contribution >= 4 is 11.8 Å². The van der Waals surface area contributed by atoms with Crippen LogP contribution in [-0.2, 0) is 17.8 Å². The number of hydrogen-bond donors (Lipinski definition) is 0. The number of aryl methyl sites for hydroxylation is 1. The predicted molar refractivity (Wildman–Crippen MR) is 85.5 cm³/mol. The fraction of sp³-hybridized carbons (Fsp3) is 0.278. The number of ether oxygens (including phenoxy) is 1. The van der Waals surface area contributed by atoms with E-state index in [2.05, 4.69) is 6.92 Å². The number of benzene rings is 2. The lowest BCUT2D eigenvalue weighted by molar-refractivity contribution is 0.147. The van der Waals surface area contributed by atoms with Crippen molar-refractivity contribution in [3.05, 3.63) is 65.7 Å². The highest BCUT2D eigenvalue weighted by molar-refractivity contribution is 5.88. The predicted octanol–water partition coefficient (Wildman–Crippen LogP) is 4.41. The third kappa shape index (κ3) is 3.85. The van der Waals surface area contributed by atoms with Gasteiger partial charge in [0.25, 0.3) is 0 Å². The van der Waals surface area contributed by atoms with E-state index in [4.69, 9.17) is 4.74 Å². The zero-order valence-electron chi connectivity index (χ0n) is 12.6. The molecule has 0 atom stereocenters. The molecule has 0 aliphatic rings. The normalized spacial score (nSPS) is 10.2. The molecule has 0 bridgehead atoms. The van der Waals surface area contributed by atoms with Gasteiger partial charge in [0.2, 0.25) is 0 Å². The molecule has 0 aliphatic heterocycles. The lowest BCUT2D eigenvalue weighted by Gasteiger charge is -2.23. The molecule has 0 aliphatic carbocycles. The first kappa shape index (κ1) is 15.1. The zero-order chi connectivity index (χ0) is 15.1. The second-order valence-corrected chi connectivity index (χ2v) is 4.77. The molecule has 110 valence electrons. The van der Waals surface area contributed by atoms with Gasteiger partial charge in [-0.1, -0.05) is 55.5 Å². The van der Waals surface area contributed by atoms with E-state index in [1.807, 2.05) is 61.5 Å². The molecule has 0 spiro atoms. The minimum Gasteiger partial charge on any atom is -0.444 e. The van der Waals surface area contributed by atoms with Crippen LogP contribution in [0.25, 0.3) is 0 Å². The van der Waals surface area contributed by atoms with Gasteiger partial charge >= 0.3 is 6.09 Å². The highest BCUT2D eigenvalue weighted by atomic mass is 16.6. The summed E-state index contributed by atoms with van der Waals surface area (Å²) in [6.07, 6.45) is 0.584. The summed E-state index contributed by atoms with van der Waals surface area (Å²) in [5.74, 6) is 0. The van der Waals surface area contributed by atoms with Crippen LogP contribution in [0.3, 0.4) is 0 Å². The fourth-order valence-electron chi connectivity index (χ4n) is 2.27. The summed E-state index contributed by atoms with van der Waals surface area (Å²) >= 11 is 0. The van der Waals surface area contributed by atoms with Crippen LogP contribution in [0.1, 0.15) is 25.0 Å². The maximum absolute atomic E-state index is 12.3. The Morgan fingerprint density at radius 2 is 1.67 bits per heavy atom. The van der Waals surface area contributed by atoms with Gasteiger partial charge in [-0.15, -0.1) is 0 Å². The van der Waals surface area contributed by atoms with Crippen molar-refractivity contribution in [2.24, 2.45) is 0 Å². The molecule has 0 N–H and O–H groups in total. The Morgan fingerprint density at radius 1 is 1.00 bits per heavy atom. The summed E-state index contributed by atoms with van der Waals surface area (Å²) in [5.41, 5.74) is 3.07. The molecular weight excluding hydrogens is 262 g/mol. The number of amides is 1. The van der Waals surface area contributed by atoms with Crippen molar-refractivity contribution < 1.29 is 9.53 Å². The molecule has 21 heavy (non-hydrogen) atoms. The van der Waals surface area contributed by atoms with Crippen molar-refractivity contribution in [3.63, 3.8) is 0 Å². The van der Waals surface area contributed by atoms with Crippen molar-refractivity contribution in [2.45, 2.75) is 26.9 Å². The average molecular weight is 283 g/mol. The number of nitrogens with zero attached hydrogens (tertiary/aromatic N) is 1. The highest BCUT2D eigenvalue weighted by Gasteiger charge is 2.17. The lowest BCUT2D eigenvalue weighted by atomic mass is 10.1. The topological polar surface area (TPSA) is 29.5 Å². The van der Waals surface area contributed by atoms with Gasteiger partial charge in [-0.2, -0.15) is 0 Å². The first-order chi connectivity index (χ1) is 10.3. The van der Waals surface area contributed by atoms with Gasteiger partial charge in [0.1, 0.15) is 6.61 Å². The van der Waals surface area contributed by atoms with Gasteiger partial charge < -0.3 is 4.74 Å². The Balaban J connectivity index is 2.08. The Labute approximate surface area is 126 Å². The van der Waals surface area contributed by atoms with E-state index in [0.717, 1.165) is 23.2 Å². The summed E-state index contributed by atoms with van der Waals surface area (Å²) in [7, 11) is 0. The van der Waals surface area contributed by atoms with Crippen molar-refractivity contribution in [3.8, 4) is 0 Å². The van der Waals surface area contributed by atoms with E-state index in [1.165, 1.54) is 0 Å². The van der Waals surface area contributed by atoms with Gasteiger partial charge in [0.05, 0.1) is 5.69 Å². The largest absolute Gasteiger partial charge is 0.444 e. The molecule has 2 aromatic carbocycles. The molecule has 3 heteroatoms. The standard InChI is InChI=1S/C18H21NO2/c1-3-16-12-8-9-13-17(16)19(4-2)18(20)21-14-15-10-6-5-7-11-15/h5-13H,3-4,14H2,1-2H3. The minimum absolute atomic E-state index is 0.296. The van der Waals surface area contributed by atoms with Gasteiger partial charge in [-0.25, -0.2) is 4.79 Å². The van der Waals surface area contributed by atoms with Crippen molar-refractivity contribution in [1.29, 1.82) is 0 Å². The molecule has 0 saturated carbocycles. The average Bonchev–Trinajstić information content (AvgIpc) is 2.55. The van der Waals surface area contributed by atoms with Gasteiger partial charge in [0.15, 0.2) is 0 Å². The molecule has 2 rings (SSSR count). The maximum atomic E-state index is 12.3. The van der Waals surface area contributed by atoms with Crippen LogP contribution in [0, 0.1) is 0 Å². The Bertz CT molecular complexity index is 581. The van der Waals surface area contributed by atoms with Gasteiger partial charge in [0, 0.05) is 6.54 Å². The van der Waals surface area contributed by atoms with Crippen LogP contribution in [-0.4, -0.2) is 12.6 Å². The van der Waals surface area contributed by atoms with E-state index in [9.17, 15) is 4.79 Å². The Morgan fingerprint density at radius 3 is 2.33 bits per heavy atom. The minimum atomic E-state index is -0.303. The SMILES string of the molecule is CCc1ccccc1N(CC)C(=O)OCc1ccccc1. The quantitative estimate of drug-likeness (QED) is 0.813. The van der Waals surface area contributed by atoms with E-state index in [-0.39, 0.29) is 6.09 Å². The van der Waals surface area contributed by atoms with Crippen LogP contribution in [0.5, 0.6) is 0 Å². The molecular formula is C18H21NO2. The monoisotopic (exact) mass is 283 g/mol. The third-order valence-electron chi connectivity index (χ3n) is 3.41. The molecule has 3 nitrogen and oxygen atoms in total. The number of carbonyl (C=O) groups is 1. The number of anilines is 1. The molecule has 1 amide bonds. The first-order valence-corrected chi connectivity index (χ1v) is 7.32. The summed E-state index contributed by atoms with van der Waals surface area (Å²) < 4.78 is 5.42. The summed E-state index contributed by atoms with van der Waals surface area (Å²) in [5, 5.41) is 0. The van der Waals surface area contributed by atoms with Crippen LogP contribution >= 0.6 is 0 Å². The summed E-state index contributed by atoms with van der Waals surface area (Å²) in [6.45, 7) is 4.92. The molecule has 0 radical (unpaired) electrons. The van der Waals surface area contributed by atoms with Crippen LogP contribution in [0.15, 0.2) is 54.6 Å². The molecule has 0 aromatic heterocycles. The van der Waals surface area contributed by atoms with Gasteiger partial charge in [-0.3, -0.25) is 4.90 Å². The number of rotatable bonds is 5. The lowest BCUT2D eigenvalue weighted by Crippen LogP contribution is -2.32. The molecule has 2 aromatic rings. The number of para-hydroxylation sites is 1. The van der Waals surface area contributed by atoms with Crippen LogP contribution in [0.4, 0.5) is 10.5 Å². The second-order valence-electron chi connectivity index (χ2n) is 4.77. The fourth-order valence-corrected chi connectivity index (χ4v) is 2.27. The number of carbonyl (C=O) groups excluding carboxylic acids is 1. The maximum Gasteiger partial charge on any atom is 0.414 e. The van der Waals surface area contributed by atoms with E-state index in [0.29, 0.717) is 13.2 Å². The zero-order valence-corrected chi connectivity index (χ0v) is 12.6. The molecule has 0 fully saturated rings. The molecule has 0 heterocycles. The third-order valence-corrected chi connectivity index (χ3v) is 3.41. The Kier molecular flexibility index (Phi) is 5.38. The van der Waals surface area contributed by atoms with Crippen molar-refractivity contribution in [2.75, 3.05) is 11.4 Å². The van der Waals surface area contributed by atoms with E-state index >= 15 is 0 Å². The summed E-state index contributed by atoms with van der Waals surface area (Å²) in [6, 6.07) is 17.7. The second kappa shape index (κ2) is 7.48. The van der Waals surface area contributed by atoms with Crippen LogP contribution in [0.2, 0.25) is 0 Å². The smallest absolute Gasteiger partial charge is 0.414 e. The molecule has 0 saturated heterocycles. The summed E-state index contributed by atoms with van der Waals surface area (Å²) in [4.78, 5) is 14.0. The van der Waals surface area contributed by atoms with E-state index < -0.39 is 0 Å².